The molecular weight excluding hydrogens is 416 g/mol. The van der Waals surface area contributed by atoms with E-state index in [9.17, 15) is 4.79 Å². The van der Waals surface area contributed by atoms with Crippen molar-refractivity contribution in [1.29, 1.82) is 0 Å². The van der Waals surface area contributed by atoms with Crippen molar-refractivity contribution in [2.24, 2.45) is 0 Å². The van der Waals surface area contributed by atoms with Crippen LogP contribution in [0.15, 0.2) is 53.1 Å². The van der Waals surface area contributed by atoms with Crippen molar-refractivity contribution in [1.82, 2.24) is 19.7 Å². The summed E-state index contributed by atoms with van der Waals surface area (Å²) in [5, 5.41) is 8.58. The zero-order valence-electron chi connectivity index (χ0n) is 14.8. The Bertz CT molecular complexity index is 1130. The fourth-order valence-electron chi connectivity index (χ4n) is 2.64. The number of thioether (sulfide) groups is 1. The van der Waals surface area contributed by atoms with Crippen LogP contribution in [0.25, 0.3) is 15.9 Å². The number of carbonyl (C=O) groups excluding carboxylic acids is 1. The van der Waals surface area contributed by atoms with E-state index in [-0.39, 0.29) is 18.3 Å². The fourth-order valence-corrected chi connectivity index (χ4v) is 4.54. The Morgan fingerprint density at radius 1 is 1.25 bits per heavy atom. The minimum atomic E-state index is -0.338. The maximum absolute atomic E-state index is 12.2. The van der Waals surface area contributed by atoms with E-state index in [1.54, 1.807) is 16.0 Å². The van der Waals surface area contributed by atoms with Gasteiger partial charge in [-0.05, 0) is 30.5 Å². The average Bonchev–Trinajstić information content (AvgIpc) is 3.30. The van der Waals surface area contributed by atoms with Crippen molar-refractivity contribution in [2.45, 2.75) is 18.6 Å². The minimum absolute atomic E-state index is 0.0779. The van der Waals surface area contributed by atoms with Gasteiger partial charge in [0.1, 0.15) is 27.9 Å². The molecule has 0 fully saturated rings. The van der Waals surface area contributed by atoms with E-state index in [0.717, 1.165) is 26.6 Å². The highest BCUT2D eigenvalue weighted by Gasteiger charge is 2.17. The molecule has 3 heterocycles. The van der Waals surface area contributed by atoms with Crippen LogP contribution in [0.2, 0.25) is 5.15 Å². The van der Waals surface area contributed by atoms with Crippen LogP contribution < -0.4 is 0 Å². The number of rotatable bonds is 6. The number of halogens is 1. The van der Waals surface area contributed by atoms with Crippen LogP contribution in [0.3, 0.4) is 0 Å². The van der Waals surface area contributed by atoms with Crippen LogP contribution in [-0.4, -0.2) is 31.5 Å². The largest absolute Gasteiger partial charge is 0.460 e. The topological polar surface area (TPSA) is 69.9 Å². The van der Waals surface area contributed by atoms with E-state index in [2.05, 4.69) is 15.1 Å². The molecule has 28 heavy (non-hydrogen) atoms. The van der Waals surface area contributed by atoms with Gasteiger partial charge in [0.05, 0.1) is 17.1 Å². The van der Waals surface area contributed by atoms with Gasteiger partial charge in [-0.1, -0.05) is 41.6 Å². The van der Waals surface area contributed by atoms with Gasteiger partial charge < -0.3 is 4.74 Å². The Hall–Kier alpha value is -2.42. The van der Waals surface area contributed by atoms with E-state index in [1.165, 1.54) is 18.1 Å². The lowest BCUT2D eigenvalue weighted by atomic mass is 10.3. The Labute approximate surface area is 174 Å². The lowest BCUT2D eigenvalue weighted by Gasteiger charge is -2.06. The van der Waals surface area contributed by atoms with Gasteiger partial charge in [-0.3, -0.25) is 4.79 Å². The zero-order chi connectivity index (χ0) is 19.5. The Morgan fingerprint density at radius 3 is 2.89 bits per heavy atom. The van der Waals surface area contributed by atoms with Crippen LogP contribution in [0, 0.1) is 6.92 Å². The summed E-state index contributed by atoms with van der Waals surface area (Å²) in [6.07, 6.45) is 1.51. The number of carbonyl (C=O) groups is 1. The average molecular weight is 431 g/mol. The first kappa shape index (κ1) is 18.9. The number of esters is 1. The number of para-hydroxylation sites is 1. The second-order valence-electron chi connectivity index (χ2n) is 5.87. The summed E-state index contributed by atoms with van der Waals surface area (Å²) in [5.41, 5.74) is 2.28. The van der Waals surface area contributed by atoms with Crippen molar-refractivity contribution in [3.8, 4) is 5.69 Å². The number of ether oxygens (including phenoxy) is 1. The van der Waals surface area contributed by atoms with Crippen molar-refractivity contribution in [2.75, 3.05) is 5.75 Å². The lowest BCUT2D eigenvalue weighted by Crippen LogP contribution is -2.08. The molecule has 0 aliphatic carbocycles. The molecule has 0 saturated heterocycles. The van der Waals surface area contributed by atoms with E-state index in [0.29, 0.717) is 10.7 Å². The smallest absolute Gasteiger partial charge is 0.316 e. The summed E-state index contributed by atoms with van der Waals surface area (Å²) in [7, 11) is 0. The molecule has 0 unspecified atom stereocenters. The molecule has 0 saturated carbocycles. The van der Waals surface area contributed by atoms with E-state index in [4.69, 9.17) is 16.3 Å². The molecule has 0 amide bonds. The van der Waals surface area contributed by atoms with E-state index < -0.39 is 0 Å². The number of fused-ring (bicyclic) bond motifs is 1. The lowest BCUT2D eigenvalue weighted by molar-refractivity contribution is -0.141. The van der Waals surface area contributed by atoms with Crippen molar-refractivity contribution in [3.05, 3.63) is 64.5 Å². The van der Waals surface area contributed by atoms with Crippen LogP contribution in [0.4, 0.5) is 0 Å². The first-order valence-electron chi connectivity index (χ1n) is 8.39. The number of aryl methyl sites for hydroxylation is 1. The number of hydrogen-bond donors (Lipinski definition) is 0. The quantitative estimate of drug-likeness (QED) is 0.251. The van der Waals surface area contributed by atoms with Gasteiger partial charge in [0.25, 0.3) is 0 Å². The molecule has 0 bridgehead atoms. The maximum atomic E-state index is 12.2. The maximum Gasteiger partial charge on any atom is 0.316 e. The summed E-state index contributed by atoms with van der Waals surface area (Å²) >= 11 is 9.34. The monoisotopic (exact) mass is 430 g/mol. The van der Waals surface area contributed by atoms with Crippen LogP contribution in [0.5, 0.6) is 0 Å². The van der Waals surface area contributed by atoms with Gasteiger partial charge in [-0.25, -0.2) is 14.6 Å². The standard InChI is InChI=1S/C19H15ClN4O2S2/c1-12-15(17(20)24(23-12)13-5-3-2-4-6-13)9-26-16(25)10-28-19-14-7-8-27-18(14)21-11-22-19/h2-8,11H,9-10H2,1H3. The van der Waals surface area contributed by atoms with Gasteiger partial charge in [0.2, 0.25) is 0 Å². The number of nitrogens with zero attached hydrogens (tertiary/aromatic N) is 4. The van der Waals surface area contributed by atoms with E-state index in [1.807, 2.05) is 48.7 Å². The highest BCUT2D eigenvalue weighted by Crippen LogP contribution is 2.28. The Morgan fingerprint density at radius 2 is 2.07 bits per heavy atom. The predicted octanol–water partition coefficient (Wildman–Crippen LogP) is 4.67. The molecule has 0 atom stereocenters. The molecular formula is C19H15ClN4O2S2. The molecule has 0 radical (unpaired) electrons. The second-order valence-corrected chi connectivity index (χ2v) is 8.09. The zero-order valence-corrected chi connectivity index (χ0v) is 17.2. The molecule has 0 aliphatic heterocycles. The first-order chi connectivity index (χ1) is 13.6. The normalized spacial score (nSPS) is 11.1. The molecule has 6 nitrogen and oxygen atoms in total. The molecule has 9 heteroatoms. The third-order valence-electron chi connectivity index (χ3n) is 4.05. The number of hydrogen-bond acceptors (Lipinski definition) is 7. The van der Waals surface area contributed by atoms with Crippen LogP contribution >= 0.6 is 34.7 Å². The van der Waals surface area contributed by atoms with Crippen molar-refractivity contribution >= 4 is 50.9 Å². The molecule has 0 spiro atoms. The predicted molar refractivity (Wildman–Crippen MR) is 111 cm³/mol. The molecule has 1 aromatic carbocycles. The molecule has 0 aliphatic rings. The summed E-state index contributed by atoms with van der Waals surface area (Å²) in [4.78, 5) is 21.6. The molecule has 142 valence electrons. The number of thiophene rings is 1. The van der Waals surface area contributed by atoms with Gasteiger partial charge in [0, 0.05) is 10.9 Å². The Kier molecular flexibility index (Phi) is 5.61. The molecule has 0 N–H and O–H groups in total. The second kappa shape index (κ2) is 8.30. The van der Waals surface area contributed by atoms with Crippen molar-refractivity contribution < 1.29 is 9.53 Å². The molecule has 4 aromatic rings. The third kappa shape index (κ3) is 3.89. The minimum Gasteiger partial charge on any atom is -0.460 e. The van der Waals surface area contributed by atoms with Gasteiger partial charge in [-0.2, -0.15) is 5.10 Å². The highest BCUT2D eigenvalue weighted by atomic mass is 35.5. The summed E-state index contributed by atoms with van der Waals surface area (Å²) in [6.45, 7) is 1.92. The van der Waals surface area contributed by atoms with Crippen molar-refractivity contribution in [3.63, 3.8) is 0 Å². The molecule has 4 rings (SSSR count). The SMILES string of the molecule is Cc1nn(-c2ccccc2)c(Cl)c1COC(=O)CSc1ncnc2sccc12. The van der Waals surface area contributed by atoms with Gasteiger partial charge >= 0.3 is 5.97 Å². The highest BCUT2D eigenvalue weighted by molar-refractivity contribution is 8.00. The Balaban J connectivity index is 1.40. The number of benzene rings is 1. The molecule has 3 aromatic heterocycles. The summed E-state index contributed by atoms with van der Waals surface area (Å²) in [6, 6.07) is 11.5. The third-order valence-corrected chi connectivity index (χ3v) is 6.24. The van der Waals surface area contributed by atoms with Crippen LogP contribution in [0.1, 0.15) is 11.3 Å². The first-order valence-corrected chi connectivity index (χ1v) is 10.6. The summed E-state index contributed by atoms with van der Waals surface area (Å²) in [5.74, 6) is -0.180. The summed E-state index contributed by atoms with van der Waals surface area (Å²) < 4.78 is 7.06. The van der Waals surface area contributed by atoms with E-state index >= 15 is 0 Å². The van der Waals surface area contributed by atoms with Crippen LogP contribution in [-0.2, 0) is 16.1 Å². The van der Waals surface area contributed by atoms with Gasteiger partial charge in [0.15, 0.2) is 0 Å². The number of aromatic nitrogens is 4. The van der Waals surface area contributed by atoms with Gasteiger partial charge in [-0.15, -0.1) is 11.3 Å². The fraction of sp³-hybridized carbons (Fsp3) is 0.158.